The Morgan fingerprint density at radius 2 is 1.67 bits per heavy atom. The molecule has 1 aromatic heterocycles. The Balaban J connectivity index is 1.27. The lowest BCUT2D eigenvalue weighted by Crippen LogP contribution is -2.76. The first kappa shape index (κ1) is 35.8. The van der Waals surface area contributed by atoms with Crippen LogP contribution in [0.4, 0.5) is 9.59 Å². The van der Waals surface area contributed by atoms with E-state index in [2.05, 4.69) is 15.6 Å². The Labute approximate surface area is 300 Å². The van der Waals surface area contributed by atoms with Gasteiger partial charge in [-0.05, 0) is 40.8 Å². The number of carbonyl (C=O) groups is 5. The van der Waals surface area contributed by atoms with Crippen LogP contribution < -0.4 is 15.4 Å². The maximum Gasteiger partial charge on any atom is 0.413 e. The summed E-state index contributed by atoms with van der Waals surface area (Å²) in [6, 6.07) is 23.0. The van der Waals surface area contributed by atoms with E-state index in [0.29, 0.717) is 5.56 Å². The van der Waals surface area contributed by atoms with E-state index in [9.17, 15) is 29.1 Å². The predicted molar refractivity (Wildman–Crippen MR) is 190 cm³/mol. The minimum atomic E-state index is -1.17. The van der Waals surface area contributed by atoms with Crippen molar-refractivity contribution in [3.8, 4) is 5.75 Å². The summed E-state index contributed by atoms with van der Waals surface area (Å²) in [6.07, 6.45) is 0.108. The van der Waals surface area contributed by atoms with Gasteiger partial charge in [0, 0.05) is 38.1 Å². The molecule has 6 rings (SSSR count). The number of nitrogens with zero attached hydrogens (tertiary/aromatic N) is 5. The van der Waals surface area contributed by atoms with Crippen molar-refractivity contribution in [3.63, 3.8) is 0 Å². The van der Waals surface area contributed by atoms with Crippen molar-refractivity contribution < 1.29 is 33.8 Å². The fraction of sp³-hybridized carbons (Fsp3) is 0.316. The zero-order valence-corrected chi connectivity index (χ0v) is 29.1. The Morgan fingerprint density at radius 3 is 2.38 bits per heavy atom. The second-order valence-corrected chi connectivity index (χ2v) is 13.3. The van der Waals surface area contributed by atoms with Gasteiger partial charge in [0.05, 0.1) is 18.6 Å². The number of benzene rings is 3. The highest BCUT2D eigenvalue weighted by Crippen LogP contribution is 2.30. The van der Waals surface area contributed by atoms with Gasteiger partial charge in [-0.3, -0.25) is 14.6 Å². The van der Waals surface area contributed by atoms with E-state index in [1.807, 2.05) is 60.7 Å². The van der Waals surface area contributed by atoms with Gasteiger partial charge in [0.2, 0.25) is 11.8 Å². The van der Waals surface area contributed by atoms with Crippen molar-refractivity contribution >= 4 is 40.8 Å². The van der Waals surface area contributed by atoms with Crippen LogP contribution in [0.25, 0.3) is 10.9 Å². The van der Waals surface area contributed by atoms with Crippen LogP contribution in [-0.4, -0.2) is 98.2 Å². The van der Waals surface area contributed by atoms with Crippen LogP contribution in [-0.2, 0) is 33.9 Å². The summed E-state index contributed by atoms with van der Waals surface area (Å²) < 4.78 is 5.32. The minimum Gasteiger partial charge on any atom is -0.480 e. The number of carboxylic acid groups (broad SMARTS) is 1. The summed E-state index contributed by atoms with van der Waals surface area (Å²) in [5.41, 5.74) is 3.18. The van der Waals surface area contributed by atoms with Crippen LogP contribution in [0.5, 0.6) is 5.75 Å². The van der Waals surface area contributed by atoms with Crippen LogP contribution in [0, 0.1) is 5.92 Å². The van der Waals surface area contributed by atoms with Crippen molar-refractivity contribution in [1.82, 2.24) is 35.4 Å². The number of carboxylic acids is 1. The molecule has 14 heteroatoms. The molecule has 3 atom stereocenters. The fourth-order valence-corrected chi connectivity index (χ4v) is 6.70. The molecule has 14 nitrogen and oxygen atoms in total. The molecule has 2 aliphatic rings. The zero-order valence-electron chi connectivity index (χ0n) is 29.1. The lowest BCUT2D eigenvalue weighted by molar-refractivity contribution is -0.187. The SMILES string of the molecule is CC(C)C(NC(=O)Oc1ccc(C[C@H]2C(=O)N(Cc3cccc4cccnc34)CC3N2C(=O)CN(C)N3C(=O)NCc2ccccc2)cc1)C(=O)O. The van der Waals surface area contributed by atoms with E-state index in [0.717, 1.165) is 22.0 Å². The van der Waals surface area contributed by atoms with Gasteiger partial charge in [0.1, 0.15) is 24.0 Å². The van der Waals surface area contributed by atoms with E-state index < -0.39 is 36.3 Å². The number of carbonyl (C=O) groups excluding carboxylic acids is 4. The third-order valence-electron chi connectivity index (χ3n) is 9.28. The maximum absolute atomic E-state index is 14.4. The molecule has 2 aliphatic heterocycles. The Kier molecular flexibility index (Phi) is 10.7. The first-order chi connectivity index (χ1) is 25.0. The molecule has 5 amide bonds. The number of ether oxygens (including phenoxy) is 1. The third-order valence-corrected chi connectivity index (χ3v) is 9.28. The number of piperazine rings is 1. The van der Waals surface area contributed by atoms with Crippen LogP contribution in [0.1, 0.15) is 30.5 Å². The van der Waals surface area contributed by atoms with Crippen molar-refractivity contribution in [2.24, 2.45) is 5.92 Å². The van der Waals surface area contributed by atoms with E-state index in [4.69, 9.17) is 4.74 Å². The number of likely N-dealkylation sites (N-methyl/N-ethyl adjacent to an activating group) is 1. The summed E-state index contributed by atoms with van der Waals surface area (Å²) >= 11 is 0. The maximum atomic E-state index is 14.4. The molecule has 2 fully saturated rings. The summed E-state index contributed by atoms with van der Waals surface area (Å²) in [6.45, 7) is 3.80. The average molecular weight is 708 g/mol. The number of hydrogen-bond donors (Lipinski definition) is 3. The Bertz CT molecular complexity index is 1950. The minimum absolute atomic E-state index is 0.0724. The average Bonchev–Trinajstić information content (AvgIpc) is 3.12. The van der Waals surface area contributed by atoms with Crippen molar-refractivity contribution in [1.29, 1.82) is 0 Å². The van der Waals surface area contributed by atoms with E-state index >= 15 is 0 Å². The molecule has 2 unspecified atom stereocenters. The van der Waals surface area contributed by atoms with E-state index in [-0.39, 0.29) is 56.1 Å². The Morgan fingerprint density at radius 1 is 0.942 bits per heavy atom. The standard InChI is InChI=1S/C38H41N7O7/c1-24(2)33(36(48)49)41-38(51)52-29-16-14-25(15-17-29)19-30-35(47)43(21-28-12-7-11-27-13-8-18-39-34(27)28)22-31-44(30)32(46)23-42(3)45(31)37(50)40-20-26-9-5-4-6-10-26/h4-18,24,30-31,33H,19-23H2,1-3H3,(H,40,50)(H,41,51)(H,48,49)/t30-,31?,33?/m0/s1. The van der Waals surface area contributed by atoms with Crippen LogP contribution in [0.3, 0.4) is 0 Å². The zero-order chi connectivity index (χ0) is 36.9. The molecule has 2 saturated heterocycles. The van der Waals surface area contributed by atoms with Crippen molar-refractivity contribution in [3.05, 3.63) is 108 Å². The smallest absolute Gasteiger partial charge is 0.413 e. The molecular weight excluding hydrogens is 666 g/mol. The van der Waals surface area contributed by atoms with Gasteiger partial charge in [-0.1, -0.05) is 80.6 Å². The number of pyridine rings is 1. The molecule has 0 bridgehead atoms. The molecule has 270 valence electrons. The summed E-state index contributed by atoms with van der Waals surface area (Å²) in [4.78, 5) is 73.7. The number of hydrogen-bond acceptors (Lipinski definition) is 8. The molecule has 0 radical (unpaired) electrons. The first-order valence-electron chi connectivity index (χ1n) is 17.0. The molecule has 52 heavy (non-hydrogen) atoms. The number of para-hydroxylation sites is 1. The number of rotatable bonds is 10. The second kappa shape index (κ2) is 15.5. The van der Waals surface area contributed by atoms with Gasteiger partial charge in [-0.25, -0.2) is 24.4 Å². The summed E-state index contributed by atoms with van der Waals surface area (Å²) in [5, 5.41) is 18.7. The number of fused-ring (bicyclic) bond motifs is 2. The summed E-state index contributed by atoms with van der Waals surface area (Å²) in [7, 11) is 1.68. The number of aromatic nitrogens is 1. The van der Waals surface area contributed by atoms with Gasteiger partial charge in [-0.15, -0.1) is 0 Å². The highest BCUT2D eigenvalue weighted by Gasteiger charge is 2.50. The molecule has 0 spiro atoms. The highest BCUT2D eigenvalue weighted by molar-refractivity contribution is 5.92. The molecule has 0 aliphatic carbocycles. The molecular formula is C38H41N7O7. The van der Waals surface area contributed by atoms with Crippen molar-refractivity contribution in [2.75, 3.05) is 20.1 Å². The van der Waals surface area contributed by atoms with E-state index in [1.54, 1.807) is 61.3 Å². The predicted octanol–water partition coefficient (Wildman–Crippen LogP) is 3.61. The van der Waals surface area contributed by atoms with Gasteiger partial charge < -0.3 is 30.3 Å². The molecule has 3 aromatic carbocycles. The Hall–Kier alpha value is -6.02. The fourth-order valence-electron chi connectivity index (χ4n) is 6.70. The topological polar surface area (TPSA) is 165 Å². The first-order valence-corrected chi connectivity index (χ1v) is 17.0. The third kappa shape index (κ3) is 7.81. The molecule has 3 heterocycles. The van der Waals surface area contributed by atoms with Crippen LogP contribution >= 0.6 is 0 Å². The van der Waals surface area contributed by atoms with Gasteiger partial charge in [0.25, 0.3) is 0 Å². The van der Waals surface area contributed by atoms with Crippen LogP contribution in [0.15, 0.2) is 91.1 Å². The van der Waals surface area contributed by atoms with Gasteiger partial charge >= 0.3 is 18.1 Å². The largest absolute Gasteiger partial charge is 0.480 e. The lowest BCUT2D eigenvalue weighted by Gasteiger charge is -2.54. The van der Waals surface area contributed by atoms with Crippen LogP contribution in [0.2, 0.25) is 0 Å². The van der Waals surface area contributed by atoms with E-state index in [1.165, 1.54) is 9.91 Å². The number of nitrogens with one attached hydrogen (secondary N) is 2. The highest BCUT2D eigenvalue weighted by atomic mass is 16.6. The molecule has 4 aromatic rings. The second-order valence-electron chi connectivity index (χ2n) is 13.3. The lowest BCUT2D eigenvalue weighted by atomic mass is 9.98. The number of hydrazine groups is 1. The number of aliphatic carboxylic acids is 1. The van der Waals surface area contributed by atoms with Gasteiger partial charge in [0.15, 0.2) is 0 Å². The normalized spacial score (nSPS) is 18.3. The molecule has 0 saturated carbocycles. The summed E-state index contributed by atoms with van der Waals surface area (Å²) in [5.74, 6) is -1.93. The van der Waals surface area contributed by atoms with Crippen molar-refractivity contribution in [2.45, 2.75) is 51.6 Å². The molecule has 3 N–H and O–H groups in total. The monoisotopic (exact) mass is 707 g/mol. The van der Waals surface area contributed by atoms with Gasteiger partial charge in [-0.2, -0.15) is 0 Å². The quantitative estimate of drug-likeness (QED) is 0.223. The number of urea groups is 1. The number of amides is 5.